The first-order chi connectivity index (χ1) is 8.13. The van der Waals surface area contributed by atoms with Crippen LogP contribution in [-0.2, 0) is 0 Å². The smallest absolute Gasteiger partial charge is 0.319 e. The summed E-state index contributed by atoms with van der Waals surface area (Å²) in [6.45, 7) is 2.00. The highest BCUT2D eigenvalue weighted by molar-refractivity contribution is 9.10. The average Bonchev–Trinajstić information content (AvgIpc) is 2.67. The van der Waals surface area contributed by atoms with Crippen LogP contribution < -0.4 is 10.6 Å². The highest BCUT2D eigenvalue weighted by Gasteiger charge is 2.16. The molecule has 4 heteroatoms. The Hall–Kier alpha value is -1.03. The van der Waals surface area contributed by atoms with Gasteiger partial charge in [-0.3, -0.25) is 0 Å². The van der Waals surface area contributed by atoms with Gasteiger partial charge in [-0.25, -0.2) is 4.79 Å². The van der Waals surface area contributed by atoms with Gasteiger partial charge in [-0.1, -0.05) is 28.8 Å². The third kappa shape index (κ3) is 3.73. The lowest BCUT2D eigenvalue weighted by Crippen LogP contribution is -2.36. The van der Waals surface area contributed by atoms with Gasteiger partial charge in [-0.2, -0.15) is 0 Å². The summed E-state index contributed by atoms with van der Waals surface area (Å²) >= 11 is 3.42. The van der Waals surface area contributed by atoms with Crippen molar-refractivity contribution in [1.29, 1.82) is 0 Å². The number of carbonyl (C=O) groups is 1. The molecule has 2 rings (SSSR count). The first kappa shape index (κ1) is 12.4. The van der Waals surface area contributed by atoms with E-state index in [2.05, 4.69) is 26.6 Å². The predicted octanol–water partition coefficient (Wildman–Crippen LogP) is 3.82. The standard InChI is InChI=1S/C13H17BrN2O/c1-9-6-10(14)8-12(7-9)16-13(17)15-11-4-2-3-5-11/h6-8,11H,2-5H2,1H3,(H2,15,16,17). The van der Waals surface area contributed by atoms with E-state index in [-0.39, 0.29) is 6.03 Å². The maximum Gasteiger partial charge on any atom is 0.319 e. The molecular weight excluding hydrogens is 280 g/mol. The molecular formula is C13H17BrN2O. The number of amides is 2. The van der Waals surface area contributed by atoms with E-state index in [1.54, 1.807) is 0 Å². The molecule has 0 saturated heterocycles. The lowest BCUT2D eigenvalue weighted by Gasteiger charge is -2.13. The Morgan fingerprint density at radius 2 is 2.00 bits per heavy atom. The second kappa shape index (κ2) is 5.54. The van der Waals surface area contributed by atoms with Crippen LogP contribution in [0.2, 0.25) is 0 Å². The van der Waals surface area contributed by atoms with E-state index in [0.29, 0.717) is 6.04 Å². The summed E-state index contributed by atoms with van der Waals surface area (Å²) in [5.74, 6) is 0. The molecule has 92 valence electrons. The monoisotopic (exact) mass is 296 g/mol. The van der Waals surface area contributed by atoms with E-state index in [9.17, 15) is 4.79 Å². The van der Waals surface area contributed by atoms with Gasteiger partial charge in [-0.15, -0.1) is 0 Å². The molecule has 2 amide bonds. The summed E-state index contributed by atoms with van der Waals surface area (Å²) in [6, 6.07) is 6.12. The molecule has 0 aromatic heterocycles. The zero-order valence-corrected chi connectivity index (χ0v) is 11.5. The van der Waals surface area contributed by atoms with Crippen LogP contribution in [-0.4, -0.2) is 12.1 Å². The zero-order chi connectivity index (χ0) is 12.3. The fourth-order valence-corrected chi connectivity index (χ4v) is 2.84. The lowest BCUT2D eigenvalue weighted by atomic mass is 10.2. The molecule has 0 aliphatic heterocycles. The third-order valence-electron chi connectivity index (χ3n) is 2.99. The first-order valence-corrected chi connectivity index (χ1v) is 6.77. The van der Waals surface area contributed by atoms with Crippen LogP contribution in [0.1, 0.15) is 31.2 Å². The molecule has 0 radical (unpaired) electrons. The van der Waals surface area contributed by atoms with Crippen molar-refractivity contribution in [1.82, 2.24) is 5.32 Å². The maximum absolute atomic E-state index is 11.8. The number of halogens is 1. The summed E-state index contributed by atoms with van der Waals surface area (Å²) in [4.78, 5) is 11.8. The largest absolute Gasteiger partial charge is 0.335 e. The minimum atomic E-state index is -0.102. The van der Waals surface area contributed by atoms with Crippen LogP contribution in [0.25, 0.3) is 0 Å². The summed E-state index contributed by atoms with van der Waals surface area (Å²) in [7, 11) is 0. The van der Waals surface area contributed by atoms with E-state index < -0.39 is 0 Å². The Kier molecular flexibility index (Phi) is 4.05. The van der Waals surface area contributed by atoms with Crippen LogP contribution in [0, 0.1) is 6.92 Å². The number of hydrogen-bond donors (Lipinski definition) is 2. The Bertz CT molecular complexity index is 394. The number of carbonyl (C=O) groups excluding carboxylic acids is 1. The highest BCUT2D eigenvalue weighted by Crippen LogP contribution is 2.20. The maximum atomic E-state index is 11.8. The number of aryl methyl sites for hydroxylation is 1. The molecule has 17 heavy (non-hydrogen) atoms. The predicted molar refractivity (Wildman–Crippen MR) is 73.3 cm³/mol. The molecule has 0 atom stereocenters. The van der Waals surface area contributed by atoms with Crippen molar-refractivity contribution in [3.8, 4) is 0 Å². The molecule has 2 N–H and O–H groups in total. The quantitative estimate of drug-likeness (QED) is 0.856. The molecule has 1 aromatic carbocycles. The third-order valence-corrected chi connectivity index (χ3v) is 3.45. The fraction of sp³-hybridized carbons (Fsp3) is 0.462. The molecule has 0 spiro atoms. The molecule has 1 fully saturated rings. The second-order valence-corrected chi connectivity index (χ2v) is 5.51. The van der Waals surface area contributed by atoms with Gasteiger partial charge >= 0.3 is 6.03 Å². The molecule has 1 aromatic rings. The number of nitrogens with one attached hydrogen (secondary N) is 2. The van der Waals surface area contributed by atoms with Gasteiger partial charge in [0.25, 0.3) is 0 Å². The number of benzene rings is 1. The Labute approximate surface area is 110 Å². The number of urea groups is 1. The summed E-state index contributed by atoms with van der Waals surface area (Å²) < 4.78 is 0.980. The zero-order valence-electron chi connectivity index (χ0n) is 9.92. The molecule has 3 nitrogen and oxygen atoms in total. The molecule has 1 aliphatic rings. The van der Waals surface area contributed by atoms with Crippen molar-refractivity contribution in [2.24, 2.45) is 0 Å². The summed E-state index contributed by atoms with van der Waals surface area (Å²) in [5, 5.41) is 5.87. The fourth-order valence-electron chi connectivity index (χ4n) is 2.23. The van der Waals surface area contributed by atoms with Crippen molar-refractivity contribution in [3.63, 3.8) is 0 Å². The first-order valence-electron chi connectivity index (χ1n) is 5.98. The SMILES string of the molecule is Cc1cc(Br)cc(NC(=O)NC2CCCC2)c1. The van der Waals surface area contributed by atoms with Gasteiger partial charge in [0.05, 0.1) is 0 Å². The van der Waals surface area contributed by atoms with Crippen LogP contribution in [0.15, 0.2) is 22.7 Å². The van der Waals surface area contributed by atoms with E-state index >= 15 is 0 Å². The molecule has 0 unspecified atom stereocenters. The van der Waals surface area contributed by atoms with Gasteiger partial charge in [0.15, 0.2) is 0 Å². The van der Waals surface area contributed by atoms with Gasteiger partial charge in [0, 0.05) is 16.2 Å². The van der Waals surface area contributed by atoms with Crippen LogP contribution in [0.4, 0.5) is 10.5 Å². The van der Waals surface area contributed by atoms with E-state index in [0.717, 1.165) is 28.6 Å². The highest BCUT2D eigenvalue weighted by atomic mass is 79.9. The second-order valence-electron chi connectivity index (χ2n) is 4.60. The van der Waals surface area contributed by atoms with Crippen molar-refractivity contribution in [2.45, 2.75) is 38.6 Å². The van der Waals surface area contributed by atoms with E-state index in [1.165, 1.54) is 12.8 Å². The normalized spacial score (nSPS) is 15.9. The minimum Gasteiger partial charge on any atom is -0.335 e. The Morgan fingerprint density at radius 3 is 2.65 bits per heavy atom. The van der Waals surface area contributed by atoms with Crippen LogP contribution >= 0.6 is 15.9 Å². The van der Waals surface area contributed by atoms with Gasteiger partial charge in [0.1, 0.15) is 0 Å². The Morgan fingerprint density at radius 1 is 1.29 bits per heavy atom. The van der Waals surface area contributed by atoms with Gasteiger partial charge in [-0.05, 0) is 43.5 Å². The van der Waals surface area contributed by atoms with Crippen molar-refractivity contribution < 1.29 is 4.79 Å². The van der Waals surface area contributed by atoms with E-state index in [1.807, 2.05) is 25.1 Å². The van der Waals surface area contributed by atoms with Crippen LogP contribution in [0.3, 0.4) is 0 Å². The van der Waals surface area contributed by atoms with Crippen molar-refractivity contribution in [2.75, 3.05) is 5.32 Å². The summed E-state index contributed by atoms with van der Waals surface area (Å²) in [6.07, 6.45) is 4.65. The molecule has 0 heterocycles. The lowest BCUT2D eigenvalue weighted by molar-refractivity contribution is 0.248. The topological polar surface area (TPSA) is 41.1 Å². The molecule has 1 saturated carbocycles. The number of hydrogen-bond acceptors (Lipinski definition) is 1. The van der Waals surface area contributed by atoms with Crippen molar-refractivity contribution in [3.05, 3.63) is 28.2 Å². The molecule has 1 aliphatic carbocycles. The average molecular weight is 297 g/mol. The minimum absolute atomic E-state index is 0.102. The number of rotatable bonds is 2. The van der Waals surface area contributed by atoms with Crippen LogP contribution in [0.5, 0.6) is 0 Å². The molecule has 0 bridgehead atoms. The Balaban J connectivity index is 1.92. The van der Waals surface area contributed by atoms with E-state index in [4.69, 9.17) is 0 Å². The summed E-state index contributed by atoms with van der Waals surface area (Å²) in [5.41, 5.74) is 1.95. The van der Waals surface area contributed by atoms with Gasteiger partial charge in [0.2, 0.25) is 0 Å². The van der Waals surface area contributed by atoms with Gasteiger partial charge < -0.3 is 10.6 Å². The number of anilines is 1. The van der Waals surface area contributed by atoms with Crippen molar-refractivity contribution >= 4 is 27.6 Å².